The summed E-state index contributed by atoms with van der Waals surface area (Å²) < 4.78 is 5.37. The summed E-state index contributed by atoms with van der Waals surface area (Å²) >= 11 is 1.67. The molecule has 1 atom stereocenters. The molecule has 1 N–H and O–H groups in total. The van der Waals surface area contributed by atoms with Gasteiger partial charge in [-0.15, -0.1) is 11.3 Å². The first-order chi connectivity index (χ1) is 8.92. The highest BCUT2D eigenvalue weighted by Crippen LogP contribution is 2.23. The molecule has 1 aliphatic rings. The first-order valence-corrected chi connectivity index (χ1v) is 7.11. The van der Waals surface area contributed by atoms with Gasteiger partial charge in [0.2, 0.25) is 0 Å². The summed E-state index contributed by atoms with van der Waals surface area (Å²) in [5.74, 6) is 0.656. The molecule has 1 fully saturated rings. The lowest BCUT2D eigenvalue weighted by Crippen LogP contribution is -2.13. The zero-order chi connectivity index (χ0) is 12.2. The number of rotatable bonds is 4. The molecule has 94 valence electrons. The van der Waals surface area contributed by atoms with Crippen molar-refractivity contribution in [2.45, 2.75) is 6.42 Å². The third-order valence-electron chi connectivity index (χ3n) is 3.18. The minimum Gasteiger partial charge on any atom is -0.385 e. The van der Waals surface area contributed by atoms with Gasteiger partial charge in [-0.3, -0.25) is 0 Å². The molecule has 18 heavy (non-hydrogen) atoms. The van der Waals surface area contributed by atoms with Crippen molar-refractivity contribution < 1.29 is 4.74 Å². The van der Waals surface area contributed by atoms with Crippen LogP contribution in [0.25, 0.3) is 10.6 Å². The normalized spacial score (nSPS) is 19.0. The molecule has 1 aromatic heterocycles. The first-order valence-electron chi connectivity index (χ1n) is 6.23. The molecule has 4 heteroatoms. The summed E-state index contributed by atoms with van der Waals surface area (Å²) in [6.07, 6.45) is 3.01. The smallest absolute Gasteiger partial charge is 0.123 e. The van der Waals surface area contributed by atoms with E-state index in [1.807, 2.05) is 11.6 Å². The Morgan fingerprint density at radius 1 is 1.33 bits per heavy atom. The van der Waals surface area contributed by atoms with Gasteiger partial charge < -0.3 is 10.1 Å². The highest BCUT2D eigenvalue weighted by molar-refractivity contribution is 7.13. The Morgan fingerprint density at radius 3 is 2.89 bits per heavy atom. The Hall–Kier alpha value is -1.39. The van der Waals surface area contributed by atoms with Crippen molar-refractivity contribution in [2.24, 2.45) is 5.92 Å². The molecule has 3 rings (SSSR count). The van der Waals surface area contributed by atoms with E-state index in [4.69, 9.17) is 4.74 Å². The average molecular weight is 260 g/mol. The highest BCUT2D eigenvalue weighted by atomic mass is 32.1. The van der Waals surface area contributed by atoms with Gasteiger partial charge in [0.15, 0.2) is 0 Å². The quantitative estimate of drug-likeness (QED) is 0.916. The topological polar surface area (TPSA) is 34.1 Å². The first kappa shape index (κ1) is 11.7. The zero-order valence-corrected chi connectivity index (χ0v) is 11.0. The van der Waals surface area contributed by atoms with Gasteiger partial charge in [0.05, 0.1) is 6.61 Å². The molecular formula is C14H16N2OS. The molecule has 2 heterocycles. The van der Waals surface area contributed by atoms with Crippen LogP contribution < -0.4 is 5.32 Å². The Bertz CT molecular complexity index is 475. The third kappa shape index (κ3) is 2.71. The van der Waals surface area contributed by atoms with Gasteiger partial charge in [-0.2, -0.15) is 0 Å². The van der Waals surface area contributed by atoms with Crippen molar-refractivity contribution in [3.05, 3.63) is 35.8 Å². The molecule has 0 radical (unpaired) electrons. The number of anilines is 1. The monoisotopic (exact) mass is 260 g/mol. The predicted molar refractivity (Wildman–Crippen MR) is 75.0 cm³/mol. The molecule has 1 aliphatic heterocycles. The maximum atomic E-state index is 5.37. The molecule has 1 aromatic carbocycles. The van der Waals surface area contributed by atoms with Crippen molar-refractivity contribution in [3.63, 3.8) is 0 Å². The molecular weight excluding hydrogens is 244 g/mol. The van der Waals surface area contributed by atoms with E-state index in [0.29, 0.717) is 5.92 Å². The summed E-state index contributed by atoms with van der Waals surface area (Å²) in [6, 6.07) is 8.47. The average Bonchev–Trinajstić information content (AvgIpc) is 3.10. The second-order valence-electron chi connectivity index (χ2n) is 4.53. The number of nitrogens with one attached hydrogen (secondary N) is 1. The van der Waals surface area contributed by atoms with Crippen LogP contribution in [0.1, 0.15) is 6.42 Å². The van der Waals surface area contributed by atoms with E-state index in [0.717, 1.165) is 24.8 Å². The molecule has 1 unspecified atom stereocenters. The van der Waals surface area contributed by atoms with Crippen LogP contribution >= 0.6 is 11.3 Å². The van der Waals surface area contributed by atoms with Gasteiger partial charge in [0.1, 0.15) is 5.01 Å². The molecule has 0 bridgehead atoms. The maximum absolute atomic E-state index is 5.37. The van der Waals surface area contributed by atoms with Crippen molar-refractivity contribution in [3.8, 4) is 10.6 Å². The second kappa shape index (κ2) is 5.50. The molecule has 0 amide bonds. The van der Waals surface area contributed by atoms with Crippen LogP contribution in [0.15, 0.2) is 35.8 Å². The fourth-order valence-corrected chi connectivity index (χ4v) is 2.75. The predicted octanol–water partition coefficient (Wildman–Crippen LogP) is 3.26. The highest BCUT2D eigenvalue weighted by Gasteiger charge is 2.14. The number of benzene rings is 1. The van der Waals surface area contributed by atoms with Gasteiger partial charge >= 0.3 is 0 Å². The third-order valence-corrected chi connectivity index (χ3v) is 4.01. The maximum Gasteiger partial charge on any atom is 0.123 e. The number of aromatic nitrogens is 1. The lowest BCUT2D eigenvalue weighted by molar-refractivity contribution is 0.187. The van der Waals surface area contributed by atoms with Crippen LogP contribution in [-0.4, -0.2) is 24.7 Å². The van der Waals surface area contributed by atoms with Crippen molar-refractivity contribution >= 4 is 17.0 Å². The Labute approximate surface area is 111 Å². The van der Waals surface area contributed by atoms with Gasteiger partial charge in [-0.1, -0.05) is 0 Å². The number of thiazole rings is 1. The van der Waals surface area contributed by atoms with Crippen molar-refractivity contribution in [1.82, 2.24) is 4.98 Å². The van der Waals surface area contributed by atoms with Crippen molar-refractivity contribution in [1.29, 1.82) is 0 Å². The number of nitrogens with zero attached hydrogens (tertiary/aromatic N) is 1. The largest absolute Gasteiger partial charge is 0.385 e. The zero-order valence-electron chi connectivity index (χ0n) is 10.1. The van der Waals surface area contributed by atoms with E-state index < -0.39 is 0 Å². The van der Waals surface area contributed by atoms with E-state index in [-0.39, 0.29) is 0 Å². The lowest BCUT2D eigenvalue weighted by atomic mass is 10.1. The molecule has 3 nitrogen and oxygen atoms in total. The fourth-order valence-electron chi connectivity index (χ4n) is 2.10. The lowest BCUT2D eigenvalue weighted by Gasteiger charge is -2.10. The number of ether oxygens (including phenoxy) is 1. The minimum absolute atomic E-state index is 0.656. The van der Waals surface area contributed by atoms with Crippen LogP contribution in [-0.2, 0) is 4.74 Å². The number of hydrogen-bond acceptors (Lipinski definition) is 4. The van der Waals surface area contributed by atoms with E-state index in [9.17, 15) is 0 Å². The standard InChI is InChI=1S/C14H16N2OS/c1-3-13(16-9-11-5-7-17-10-11)4-2-12(1)14-15-6-8-18-14/h1-4,6,8,11,16H,5,7,9-10H2. The molecule has 0 spiro atoms. The van der Waals surface area contributed by atoms with E-state index in [1.165, 1.54) is 17.7 Å². The van der Waals surface area contributed by atoms with Crippen LogP contribution in [0.4, 0.5) is 5.69 Å². The number of hydrogen-bond donors (Lipinski definition) is 1. The summed E-state index contributed by atoms with van der Waals surface area (Å²) in [7, 11) is 0. The SMILES string of the molecule is c1csc(-c2ccc(NCC3CCOC3)cc2)n1. The minimum atomic E-state index is 0.656. The van der Waals surface area contributed by atoms with Crippen molar-refractivity contribution in [2.75, 3.05) is 25.1 Å². The molecule has 0 aliphatic carbocycles. The molecule has 0 saturated carbocycles. The van der Waals surface area contributed by atoms with E-state index in [2.05, 4.69) is 34.6 Å². The van der Waals surface area contributed by atoms with Gasteiger partial charge in [0, 0.05) is 41.9 Å². The summed E-state index contributed by atoms with van der Waals surface area (Å²) in [6.45, 7) is 2.80. The van der Waals surface area contributed by atoms with E-state index in [1.54, 1.807) is 11.3 Å². The van der Waals surface area contributed by atoms with Crippen LogP contribution in [0.3, 0.4) is 0 Å². The van der Waals surface area contributed by atoms with Crippen LogP contribution in [0.2, 0.25) is 0 Å². The van der Waals surface area contributed by atoms with Crippen LogP contribution in [0, 0.1) is 5.92 Å². The Balaban J connectivity index is 1.60. The summed E-state index contributed by atoms with van der Waals surface area (Å²) in [4.78, 5) is 4.31. The Kier molecular flexibility index (Phi) is 3.57. The van der Waals surface area contributed by atoms with E-state index >= 15 is 0 Å². The van der Waals surface area contributed by atoms with Gasteiger partial charge in [-0.05, 0) is 30.7 Å². The molecule has 2 aromatic rings. The second-order valence-corrected chi connectivity index (χ2v) is 5.42. The summed E-state index contributed by atoms with van der Waals surface area (Å²) in [5, 5.41) is 6.54. The fraction of sp³-hybridized carbons (Fsp3) is 0.357. The Morgan fingerprint density at radius 2 is 2.22 bits per heavy atom. The molecule has 1 saturated heterocycles. The summed E-state index contributed by atoms with van der Waals surface area (Å²) in [5.41, 5.74) is 2.35. The van der Waals surface area contributed by atoms with Gasteiger partial charge in [0.25, 0.3) is 0 Å². The van der Waals surface area contributed by atoms with Crippen LogP contribution in [0.5, 0.6) is 0 Å². The van der Waals surface area contributed by atoms with Gasteiger partial charge in [-0.25, -0.2) is 4.98 Å².